The van der Waals surface area contributed by atoms with Gasteiger partial charge in [0.05, 0.1) is 10.6 Å². The van der Waals surface area contributed by atoms with Crippen LogP contribution in [-0.2, 0) is 12.0 Å². The Morgan fingerprint density at radius 1 is 1.10 bits per heavy atom. The van der Waals surface area contributed by atoms with Gasteiger partial charge in [-0.2, -0.15) is 0 Å². The van der Waals surface area contributed by atoms with Gasteiger partial charge >= 0.3 is 0 Å². The average molecular weight is 331 g/mol. The largest absolute Gasteiger partial charge is 0.385 e. The fourth-order valence-corrected chi connectivity index (χ4v) is 2.85. The van der Waals surface area contributed by atoms with Crippen LogP contribution in [0.3, 0.4) is 0 Å². The Hall–Kier alpha value is -1.16. The molecule has 1 nitrogen and oxygen atoms in total. The van der Waals surface area contributed by atoms with Gasteiger partial charge < -0.3 is 5.11 Å². The van der Waals surface area contributed by atoms with Crippen LogP contribution in [0.4, 0.5) is 8.78 Å². The summed E-state index contributed by atoms with van der Waals surface area (Å²) in [4.78, 5) is 0. The molecule has 112 valence electrons. The van der Waals surface area contributed by atoms with Crippen molar-refractivity contribution in [3.63, 3.8) is 0 Å². The third-order valence-corrected chi connectivity index (χ3v) is 4.03. The van der Waals surface area contributed by atoms with Crippen molar-refractivity contribution in [2.45, 2.75) is 25.9 Å². The van der Waals surface area contributed by atoms with E-state index in [1.165, 1.54) is 25.1 Å². The molecule has 2 aromatic rings. The SMILES string of the molecule is Cc1cc(F)ccc1CC(C)(O)c1cc(F)c(Cl)cc1Cl. The third-order valence-electron chi connectivity index (χ3n) is 3.43. The topological polar surface area (TPSA) is 20.2 Å². The molecule has 0 aliphatic carbocycles. The summed E-state index contributed by atoms with van der Waals surface area (Å²) in [5, 5.41) is 10.7. The van der Waals surface area contributed by atoms with E-state index >= 15 is 0 Å². The summed E-state index contributed by atoms with van der Waals surface area (Å²) < 4.78 is 26.7. The van der Waals surface area contributed by atoms with Gasteiger partial charge in [0, 0.05) is 17.0 Å². The predicted octanol–water partition coefficient (Wildman–Crippen LogP) is 5.03. The summed E-state index contributed by atoms with van der Waals surface area (Å²) in [6, 6.07) is 6.69. The second-order valence-corrected chi connectivity index (χ2v) is 6.08. The minimum atomic E-state index is -1.40. The van der Waals surface area contributed by atoms with Crippen molar-refractivity contribution in [1.29, 1.82) is 0 Å². The van der Waals surface area contributed by atoms with E-state index in [9.17, 15) is 13.9 Å². The maximum atomic E-state index is 13.6. The molecule has 0 aliphatic rings. The molecule has 0 amide bonds. The van der Waals surface area contributed by atoms with Gasteiger partial charge in [-0.1, -0.05) is 29.3 Å². The zero-order valence-electron chi connectivity index (χ0n) is 11.6. The lowest BCUT2D eigenvalue weighted by atomic mass is 9.87. The summed E-state index contributed by atoms with van der Waals surface area (Å²) in [5.41, 5.74) is 0.314. The van der Waals surface area contributed by atoms with Crippen LogP contribution in [0.1, 0.15) is 23.6 Å². The smallest absolute Gasteiger partial charge is 0.142 e. The first-order valence-electron chi connectivity index (χ1n) is 6.33. The van der Waals surface area contributed by atoms with Crippen molar-refractivity contribution in [2.75, 3.05) is 0 Å². The molecule has 0 spiro atoms. The van der Waals surface area contributed by atoms with Crippen LogP contribution in [0.2, 0.25) is 10.0 Å². The van der Waals surface area contributed by atoms with Crippen LogP contribution in [0.15, 0.2) is 30.3 Å². The van der Waals surface area contributed by atoms with Gasteiger partial charge in [0.1, 0.15) is 11.6 Å². The lowest BCUT2D eigenvalue weighted by Gasteiger charge is -2.26. The van der Waals surface area contributed by atoms with Crippen molar-refractivity contribution in [1.82, 2.24) is 0 Å². The third kappa shape index (κ3) is 3.54. The molecule has 0 heterocycles. The standard InChI is InChI=1S/C16H14Cl2F2O/c1-9-5-11(19)4-3-10(9)8-16(2,21)12-6-15(20)14(18)7-13(12)17/h3-7,21H,8H2,1-2H3. The van der Waals surface area contributed by atoms with Crippen LogP contribution in [0, 0.1) is 18.6 Å². The van der Waals surface area contributed by atoms with E-state index in [0.29, 0.717) is 5.56 Å². The van der Waals surface area contributed by atoms with Crippen molar-refractivity contribution in [3.8, 4) is 0 Å². The minimum absolute atomic E-state index is 0.0995. The zero-order chi connectivity index (χ0) is 15.8. The highest BCUT2D eigenvalue weighted by molar-refractivity contribution is 6.35. The fraction of sp³-hybridized carbons (Fsp3) is 0.250. The lowest BCUT2D eigenvalue weighted by molar-refractivity contribution is 0.0572. The van der Waals surface area contributed by atoms with Crippen LogP contribution < -0.4 is 0 Å². The van der Waals surface area contributed by atoms with Crippen LogP contribution in [0.5, 0.6) is 0 Å². The minimum Gasteiger partial charge on any atom is -0.385 e. The van der Waals surface area contributed by atoms with Gasteiger partial charge in [-0.25, -0.2) is 8.78 Å². The van der Waals surface area contributed by atoms with E-state index < -0.39 is 11.4 Å². The lowest BCUT2D eigenvalue weighted by Crippen LogP contribution is -2.25. The Bertz CT molecular complexity index is 684. The highest BCUT2D eigenvalue weighted by Gasteiger charge is 2.28. The summed E-state index contributed by atoms with van der Waals surface area (Å²) in [6.45, 7) is 3.28. The van der Waals surface area contributed by atoms with Gasteiger partial charge in [0.25, 0.3) is 0 Å². The molecular weight excluding hydrogens is 317 g/mol. The molecule has 21 heavy (non-hydrogen) atoms. The Morgan fingerprint density at radius 2 is 1.76 bits per heavy atom. The summed E-state index contributed by atoms with van der Waals surface area (Å²) in [7, 11) is 0. The summed E-state index contributed by atoms with van der Waals surface area (Å²) in [5.74, 6) is -0.987. The van der Waals surface area contributed by atoms with E-state index in [1.54, 1.807) is 13.0 Å². The van der Waals surface area contributed by atoms with Crippen LogP contribution >= 0.6 is 23.2 Å². The molecule has 0 bridgehead atoms. The first-order valence-corrected chi connectivity index (χ1v) is 7.09. The van der Waals surface area contributed by atoms with E-state index in [0.717, 1.165) is 11.6 Å². The highest BCUT2D eigenvalue weighted by atomic mass is 35.5. The number of hydrogen-bond acceptors (Lipinski definition) is 1. The molecule has 0 saturated carbocycles. The molecule has 5 heteroatoms. The second kappa shape index (κ2) is 5.91. The molecule has 1 N–H and O–H groups in total. The normalized spacial score (nSPS) is 14.0. The summed E-state index contributed by atoms with van der Waals surface area (Å²) >= 11 is 11.7. The van der Waals surface area contributed by atoms with Gasteiger partial charge in [-0.15, -0.1) is 0 Å². The first-order chi connectivity index (χ1) is 9.70. The van der Waals surface area contributed by atoms with E-state index in [-0.39, 0.29) is 27.8 Å². The summed E-state index contributed by atoms with van der Waals surface area (Å²) in [6.07, 6.45) is 0.180. The number of halogens is 4. The number of rotatable bonds is 3. The Morgan fingerprint density at radius 3 is 2.38 bits per heavy atom. The van der Waals surface area contributed by atoms with Crippen LogP contribution in [-0.4, -0.2) is 5.11 Å². The molecule has 1 unspecified atom stereocenters. The second-order valence-electron chi connectivity index (χ2n) is 5.27. The maximum Gasteiger partial charge on any atom is 0.142 e. The van der Waals surface area contributed by atoms with E-state index in [4.69, 9.17) is 23.2 Å². The maximum absolute atomic E-state index is 13.6. The number of hydrogen-bond donors (Lipinski definition) is 1. The Balaban J connectivity index is 2.40. The number of benzene rings is 2. The Kier molecular flexibility index (Phi) is 4.57. The molecule has 0 aliphatic heterocycles. The first kappa shape index (κ1) is 16.2. The van der Waals surface area contributed by atoms with Crippen molar-refractivity contribution in [2.24, 2.45) is 0 Å². The molecule has 0 saturated heterocycles. The quantitative estimate of drug-likeness (QED) is 0.782. The number of aryl methyl sites for hydroxylation is 1. The Labute approximate surface area is 132 Å². The molecule has 2 aromatic carbocycles. The van der Waals surface area contributed by atoms with E-state index in [1.807, 2.05) is 0 Å². The number of aliphatic hydroxyl groups is 1. The van der Waals surface area contributed by atoms with Crippen LogP contribution in [0.25, 0.3) is 0 Å². The van der Waals surface area contributed by atoms with Gasteiger partial charge in [0.2, 0.25) is 0 Å². The molecule has 0 radical (unpaired) electrons. The van der Waals surface area contributed by atoms with Gasteiger partial charge in [0.15, 0.2) is 0 Å². The van der Waals surface area contributed by atoms with Crippen molar-refractivity contribution in [3.05, 3.63) is 68.7 Å². The molecule has 0 aromatic heterocycles. The molecule has 2 rings (SSSR count). The molecule has 0 fully saturated rings. The molecular formula is C16H14Cl2F2O. The molecule has 1 atom stereocenters. The zero-order valence-corrected chi connectivity index (χ0v) is 13.1. The fourth-order valence-electron chi connectivity index (χ4n) is 2.26. The van der Waals surface area contributed by atoms with Crippen molar-refractivity contribution >= 4 is 23.2 Å². The van der Waals surface area contributed by atoms with Crippen molar-refractivity contribution < 1.29 is 13.9 Å². The van der Waals surface area contributed by atoms with Gasteiger partial charge in [-0.3, -0.25) is 0 Å². The monoisotopic (exact) mass is 330 g/mol. The van der Waals surface area contributed by atoms with Gasteiger partial charge in [-0.05, 0) is 49.2 Å². The van der Waals surface area contributed by atoms with E-state index in [2.05, 4.69) is 0 Å². The predicted molar refractivity (Wildman–Crippen MR) is 80.8 cm³/mol. The average Bonchev–Trinajstić information content (AvgIpc) is 2.37. The highest BCUT2D eigenvalue weighted by Crippen LogP contribution is 2.34.